The number of aromatic amines is 1. The lowest BCUT2D eigenvalue weighted by Crippen LogP contribution is -2.34. The van der Waals surface area contributed by atoms with Crippen LogP contribution in [0, 0.1) is 0 Å². The number of pyridine rings is 1. The molecule has 4 atom stereocenters. The molecule has 2 fully saturated rings. The standard InChI is InChI=1S/C24H29BrClN3O5Si/c1-35(2,3)9-8-31-10-15-18(26)19(13-4-6-14(25)7-5-13)27-23-20(15)28-24(29-23)34-17-12-33-21-16(30)11-32-22(17)21/h4-7,16-17,21-22,30H,8-12H2,1-3H3,(H,27,28,29)/t16-,17-,21-,22-/m1/s1. The second kappa shape index (κ2) is 10.1. The number of halogens is 2. The van der Waals surface area contributed by atoms with Crippen LogP contribution in [0.15, 0.2) is 28.7 Å². The van der Waals surface area contributed by atoms with E-state index in [0.717, 1.165) is 21.6 Å². The molecule has 2 saturated heterocycles. The first-order valence-corrected chi connectivity index (χ1v) is 16.6. The first-order chi connectivity index (χ1) is 16.7. The minimum Gasteiger partial charge on any atom is -0.456 e. The van der Waals surface area contributed by atoms with Gasteiger partial charge >= 0.3 is 0 Å². The van der Waals surface area contributed by atoms with Gasteiger partial charge < -0.3 is 29.0 Å². The number of nitrogens with zero attached hydrogens (tertiary/aromatic N) is 2. The summed E-state index contributed by atoms with van der Waals surface area (Å²) >= 11 is 10.4. The Bertz CT molecular complexity index is 1200. The number of rotatable bonds is 8. The van der Waals surface area contributed by atoms with Gasteiger partial charge in [0.2, 0.25) is 0 Å². The van der Waals surface area contributed by atoms with Gasteiger partial charge in [0.15, 0.2) is 11.8 Å². The van der Waals surface area contributed by atoms with Crippen LogP contribution in [0.25, 0.3) is 22.4 Å². The predicted molar refractivity (Wildman–Crippen MR) is 140 cm³/mol. The third-order valence-electron chi connectivity index (χ3n) is 6.26. The molecule has 2 aliphatic rings. The molecule has 11 heteroatoms. The molecule has 0 spiro atoms. The number of hydrogen-bond donors (Lipinski definition) is 2. The molecule has 1 aromatic carbocycles. The van der Waals surface area contributed by atoms with Gasteiger partial charge in [0.25, 0.3) is 6.01 Å². The zero-order chi connectivity index (χ0) is 24.7. The number of nitrogens with one attached hydrogen (secondary N) is 1. The summed E-state index contributed by atoms with van der Waals surface area (Å²) in [6.07, 6.45) is -1.73. The van der Waals surface area contributed by atoms with Gasteiger partial charge in [-0.1, -0.05) is 59.3 Å². The number of aromatic nitrogens is 3. The van der Waals surface area contributed by atoms with Crippen LogP contribution in [0.1, 0.15) is 5.56 Å². The monoisotopic (exact) mass is 581 g/mol. The molecule has 35 heavy (non-hydrogen) atoms. The second-order valence-electron chi connectivity index (χ2n) is 10.2. The van der Waals surface area contributed by atoms with Crippen molar-refractivity contribution in [3.8, 4) is 17.3 Å². The minimum atomic E-state index is -1.22. The van der Waals surface area contributed by atoms with Crippen molar-refractivity contribution in [2.45, 2.75) is 56.7 Å². The maximum Gasteiger partial charge on any atom is 0.296 e. The Balaban J connectivity index is 1.46. The van der Waals surface area contributed by atoms with Crippen molar-refractivity contribution in [1.82, 2.24) is 15.0 Å². The second-order valence-corrected chi connectivity index (χ2v) is 17.1. The number of fused-ring (bicyclic) bond motifs is 2. The molecule has 2 aliphatic heterocycles. The van der Waals surface area contributed by atoms with Crippen LogP contribution >= 0.6 is 27.5 Å². The number of H-pyrrole nitrogens is 1. The zero-order valence-electron chi connectivity index (χ0n) is 19.9. The van der Waals surface area contributed by atoms with Gasteiger partial charge in [0.1, 0.15) is 18.3 Å². The summed E-state index contributed by atoms with van der Waals surface area (Å²) in [7, 11) is -1.22. The maximum atomic E-state index is 10.0. The third kappa shape index (κ3) is 5.43. The largest absolute Gasteiger partial charge is 0.456 e. The van der Waals surface area contributed by atoms with Crippen LogP contribution in [-0.2, 0) is 20.8 Å². The van der Waals surface area contributed by atoms with E-state index in [1.165, 1.54) is 0 Å². The molecule has 0 unspecified atom stereocenters. The smallest absolute Gasteiger partial charge is 0.296 e. The van der Waals surface area contributed by atoms with E-state index in [2.05, 4.69) is 45.5 Å². The Hall–Kier alpha value is -1.53. The van der Waals surface area contributed by atoms with Crippen molar-refractivity contribution in [2.24, 2.45) is 0 Å². The van der Waals surface area contributed by atoms with Gasteiger partial charge in [-0.3, -0.25) is 0 Å². The Morgan fingerprint density at radius 1 is 1.14 bits per heavy atom. The molecule has 3 aromatic rings. The molecule has 5 rings (SSSR count). The Labute approximate surface area is 218 Å². The van der Waals surface area contributed by atoms with E-state index in [0.29, 0.717) is 47.7 Å². The fourth-order valence-electron chi connectivity index (χ4n) is 4.27. The lowest BCUT2D eigenvalue weighted by molar-refractivity contribution is 0.00705. The van der Waals surface area contributed by atoms with Crippen molar-refractivity contribution in [3.63, 3.8) is 0 Å². The molecule has 0 amide bonds. The van der Waals surface area contributed by atoms with Crippen LogP contribution in [0.5, 0.6) is 6.01 Å². The topological polar surface area (TPSA) is 98.7 Å². The molecule has 2 aromatic heterocycles. The first-order valence-electron chi connectivity index (χ1n) is 11.7. The summed E-state index contributed by atoms with van der Waals surface area (Å²) in [5, 5.41) is 10.5. The lowest BCUT2D eigenvalue weighted by atomic mass is 10.1. The molecular formula is C24H29BrClN3O5Si. The fourth-order valence-corrected chi connectivity index (χ4v) is 5.59. The molecule has 8 nitrogen and oxygen atoms in total. The van der Waals surface area contributed by atoms with E-state index >= 15 is 0 Å². The number of imidazole rings is 1. The predicted octanol–water partition coefficient (Wildman–Crippen LogP) is 4.80. The van der Waals surface area contributed by atoms with E-state index in [9.17, 15) is 5.11 Å². The van der Waals surface area contributed by atoms with E-state index in [4.69, 9.17) is 35.5 Å². The Morgan fingerprint density at radius 2 is 1.89 bits per heavy atom. The molecule has 0 radical (unpaired) electrons. The zero-order valence-corrected chi connectivity index (χ0v) is 23.2. The van der Waals surface area contributed by atoms with Gasteiger partial charge in [-0.2, -0.15) is 4.98 Å². The number of benzene rings is 1. The van der Waals surface area contributed by atoms with Crippen LogP contribution < -0.4 is 4.74 Å². The van der Waals surface area contributed by atoms with Crippen molar-refractivity contribution in [1.29, 1.82) is 0 Å². The summed E-state index contributed by atoms with van der Waals surface area (Å²) < 4.78 is 24.5. The number of ether oxygens (including phenoxy) is 4. The summed E-state index contributed by atoms with van der Waals surface area (Å²) in [4.78, 5) is 12.6. The van der Waals surface area contributed by atoms with Gasteiger partial charge in [0, 0.05) is 30.3 Å². The van der Waals surface area contributed by atoms with Gasteiger partial charge in [0.05, 0.1) is 36.1 Å². The first kappa shape index (κ1) is 25.1. The lowest BCUT2D eigenvalue weighted by Gasteiger charge is -2.16. The third-order valence-corrected chi connectivity index (χ3v) is 8.90. The fraction of sp³-hybridized carbons (Fsp3) is 0.500. The van der Waals surface area contributed by atoms with Crippen molar-refractivity contribution >= 4 is 46.8 Å². The molecule has 0 aliphatic carbocycles. The van der Waals surface area contributed by atoms with Crippen LogP contribution in [0.2, 0.25) is 30.7 Å². The number of aliphatic hydroxyl groups excluding tert-OH is 1. The minimum absolute atomic E-state index is 0.238. The van der Waals surface area contributed by atoms with Crippen LogP contribution in [0.4, 0.5) is 0 Å². The van der Waals surface area contributed by atoms with E-state index in [1.54, 1.807) is 0 Å². The molecular weight excluding hydrogens is 554 g/mol. The van der Waals surface area contributed by atoms with Gasteiger partial charge in [-0.05, 0) is 18.2 Å². The normalized spacial score (nSPS) is 24.3. The van der Waals surface area contributed by atoms with Crippen LogP contribution in [0.3, 0.4) is 0 Å². The Morgan fingerprint density at radius 3 is 2.63 bits per heavy atom. The van der Waals surface area contributed by atoms with E-state index < -0.39 is 14.2 Å². The number of aliphatic hydroxyl groups is 1. The van der Waals surface area contributed by atoms with Gasteiger partial charge in [-0.25, -0.2) is 4.98 Å². The maximum absolute atomic E-state index is 10.0. The van der Waals surface area contributed by atoms with Gasteiger partial charge in [-0.15, -0.1) is 0 Å². The summed E-state index contributed by atoms with van der Waals surface area (Å²) in [5.74, 6) is 0. The highest BCUT2D eigenvalue weighted by atomic mass is 79.9. The molecule has 0 saturated carbocycles. The highest BCUT2D eigenvalue weighted by molar-refractivity contribution is 9.10. The van der Waals surface area contributed by atoms with Crippen molar-refractivity contribution in [3.05, 3.63) is 39.3 Å². The summed E-state index contributed by atoms with van der Waals surface area (Å²) in [6, 6.07) is 9.19. The molecule has 0 bridgehead atoms. The van der Waals surface area contributed by atoms with Crippen molar-refractivity contribution < 1.29 is 24.1 Å². The van der Waals surface area contributed by atoms with E-state index in [-0.39, 0.29) is 24.9 Å². The number of hydrogen-bond acceptors (Lipinski definition) is 7. The molecule has 188 valence electrons. The van der Waals surface area contributed by atoms with Crippen LogP contribution in [-0.4, -0.2) is 72.4 Å². The average Bonchev–Trinajstić information content (AvgIpc) is 3.49. The van der Waals surface area contributed by atoms with E-state index in [1.807, 2.05) is 24.3 Å². The SMILES string of the molecule is C[Si](C)(C)CCOCc1c(Cl)c(-c2ccc(Br)cc2)nc2nc(O[C@@H]3CO[C@H]4[C@@H]3OC[C@H]4O)[nH]c12. The highest BCUT2D eigenvalue weighted by Crippen LogP contribution is 2.36. The summed E-state index contributed by atoms with van der Waals surface area (Å²) in [6.45, 7) is 8.52. The molecule has 2 N–H and O–H groups in total. The average molecular weight is 583 g/mol. The summed E-state index contributed by atoms with van der Waals surface area (Å²) in [5.41, 5.74) is 3.49. The highest BCUT2D eigenvalue weighted by Gasteiger charge is 2.48. The van der Waals surface area contributed by atoms with Crippen molar-refractivity contribution in [2.75, 3.05) is 19.8 Å². The molecule has 4 heterocycles. The quantitative estimate of drug-likeness (QED) is 0.291. The Kier molecular flexibility index (Phi) is 7.24.